The van der Waals surface area contributed by atoms with E-state index in [1.54, 1.807) is 32.0 Å². The zero-order valence-electron chi connectivity index (χ0n) is 9.94. The van der Waals surface area contributed by atoms with Crippen molar-refractivity contribution < 1.29 is 13.9 Å². The van der Waals surface area contributed by atoms with Gasteiger partial charge in [0.05, 0.1) is 6.04 Å². The van der Waals surface area contributed by atoms with E-state index in [0.29, 0.717) is 0 Å². The second-order valence-corrected chi connectivity index (χ2v) is 3.75. The van der Waals surface area contributed by atoms with Crippen LogP contribution in [0.4, 0.5) is 4.39 Å². The molecule has 1 amide bonds. The van der Waals surface area contributed by atoms with Gasteiger partial charge in [-0.05, 0) is 32.1 Å². The van der Waals surface area contributed by atoms with E-state index in [-0.39, 0.29) is 23.8 Å². The molecule has 2 unspecified atom stereocenters. The molecule has 0 heterocycles. The van der Waals surface area contributed by atoms with Gasteiger partial charge in [0, 0.05) is 0 Å². The minimum atomic E-state index is -0.415. The van der Waals surface area contributed by atoms with E-state index in [1.807, 2.05) is 0 Å². The summed E-state index contributed by atoms with van der Waals surface area (Å²) in [6.07, 6.45) is 0.850. The van der Waals surface area contributed by atoms with Gasteiger partial charge in [-0.2, -0.15) is 0 Å². The Kier molecular flexibility index (Phi) is 4.69. The molecule has 2 atom stereocenters. The number of hydrogen-bond donors (Lipinski definition) is 1. The van der Waals surface area contributed by atoms with Crippen LogP contribution in [0.15, 0.2) is 36.9 Å². The van der Waals surface area contributed by atoms with Crippen molar-refractivity contribution >= 4 is 5.91 Å². The Bertz CT molecular complexity index is 406. The van der Waals surface area contributed by atoms with Crippen molar-refractivity contribution in [2.75, 3.05) is 0 Å². The van der Waals surface area contributed by atoms with Gasteiger partial charge in [-0.15, -0.1) is 0 Å². The summed E-state index contributed by atoms with van der Waals surface area (Å²) in [5, 5.41) is 2.66. The number of amides is 1. The molecule has 0 fully saturated rings. The highest BCUT2D eigenvalue weighted by molar-refractivity contribution is 5.87. The quantitative estimate of drug-likeness (QED) is 0.798. The molecule has 1 N–H and O–H groups in total. The molecular weight excluding hydrogens is 221 g/mol. The number of halogens is 1. The monoisotopic (exact) mass is 237 g/mol. The minimum Gasteiger partial charge on any atom is -0.486 e. The first-order valence-electron chi connectivity index (χ1n) is 5.38. The molecule has 0 aliphatic heterocycles. The molecule has 0 aliphatic carbocycles. The summed E-state index contributed by atoms with van der Waals surface area (Å²) in [5.41, 5.74) is 0. The third kappa shape index (κ3) is 3.90. The molecule has 17 heavy (non-hydrogen) atoms. The zero-order valence-corrected chi connectivity index (χ0v) is 9.94. The lowest BCUT2D eigenvalue weighted by Crippen LogP contribution is -2.41. The molecule has 92 valence electrons. The van der Waals surface area contributed by atoms with Crippen LogP contribution in [0.1, 0.15) is 13.8 Å². The van der Waals surface area contributed by atoms with Gasteiger partial charge in [0.25, 0.3) is 0 Å². The molecule has 1 aromatic carbocycles. The summed E-state index contributed by atoms with van der Waals surface area (Å²) in [6, 6.07) is 5.93. The van der Waals surface area contributed by atoms with Gasteiger partial charge < -0.3 is 10.1 Å². The summed E-state index contributed by atoms with van der Waals surface area (Å²) in [6.45, 7) is 6.91. The van der Waals surface area contributed by atoms with E-state index in [1.165, 1.54) is 12.1 Å². The maximum absolute atomic E-state index is 13.3. The Morgan fingerprint density at radius 1 is 1.47 bits per heavy atom. The van der Waals surface area contributed by atoms with Crippen LogP contribution in [0.25, 0.3) is 0 Å². The molecule has 4 heteroatoms. The average Bonchev–Trinajstić information content (AvgIpc) is 2.31. The van der Waals surface area contributed by atoms with E-state index in [9.17, 15) is 9.18 Å². The van der Waals surface area contributed by atoms with Crippen LogP contribution in [0.5, 0.6) is 5.75 Å². The molecule has 0 radical (unpaired) electrons. The van der Waals surface area contributed by atoms with Gasteiger partial charge in [0.2, 0.25) is 5.91 Å². The van der Waals surface area contributed by atoms with Crippen LogP contribution in [-0.2, 0) is 4.79 Å². The van der Waals surface area contributed by atoms with E-state index < -0.39 is 5.82 Å². The third-order valence-corrected chi connectivity index (χ3v) is 2.41. The number of para-hydroxylation sites is 1. The molecule has 1 aromatic rings. The molecule has 3 nitrogen and oxygen atoms in total. The van der Waals surface area contributed by atoms with Crippen molar-refractivity contribution in [3.63, 3.8) is 0 Å². The highest BCUT2D eigenvalue weighted by Crippen LogP contribution is 2.17. The number of ether oxygens (including phenoxy) is 1. The molecule has 0 spiro atoms. The minimum absolute atomic E-state index is 0.180. The fraction of sp³-hybridized carbons (Fsp3) is 0.308. The van der Waals surface area contributed by atoms with E-state index in [2.05, 4.69) is 11.9 Å². The molecule has 0 saturated heterocycles. The number of nitrogens with one attached hydrogen (secondary N) is 1. The van der Waals surface area contributed by atoms with Gasteiger partial charge in [-0.1, -0.05) is 18.7 Å². The van der Waals surface area contributed by atoms with Crippen molar-refractivity contribution in [2.45, 2.75) is 26.0 Å². The second kappa shape index (κ2) is 6.03. The number of hydrogen-bond acceptors (Lipinski definition) is 2. The highest BCUT2D eigenvalue weighted by atomic mass is 19.1. The molecule has 0 bridgehead atoms. The predicted octanol–water partition coefficient (Wildman–Crippen LogP) is 2.28. The topological polar surface area (TPSA) is 38.3 Å². The standard InChI is InChI=1S/C13H16FNO2/c1-4-13(16)15-9(2)10(3)17-12-8-6-5-7-11(12)14/h4-10H,1H2,2-3H3,(H,15,16). The van der Waals surface area contributed by atoms with Gasteiger partial charge in [-0.25, -0.2) is 4.39 Å². The number of carbonyl (C=O) groups excluding carboxylic acids is 1. The lowest BCUT2D eigenvalue weighted by atomic mass is 10.2. The largest absolute Gasteiger partial charge is 0.486 e. The molecule has 0 aromatic heterocycles. The molecule has 0 aliphatic rings. The van der Waals surface area contributed by atoms with Gasteiger partial charge in [0.15, 0.2) is 11.6 Å². The number of rotatable bonds is 5. The lowest BCUT2D eigenvalue weighted by molar-refractivity contribution is -0.117. The van der Waals surface area contributed by atoms with Crippen LogP contribution in [0.3, 0.4) is 0 Å². The molecule has 0 saturated carbocycles. The van der Waals surface area contributed by atoms with Crippen molar-refractivity contribution in [1.82, 2.24) is 5.32 Å². The highest BCUT2D eigenvalue weighted by Gasteiger charge is 2.16. The van der Waals surface area contributed by atoms with Crippen LogP contribution < -0.4 is 10.1 Å². The van der Waals surface area contributed by atoms with Gasteiger partial charge >= 0.3 is 0 Å². The van der Waals surface area contributed by atoms with Crippen molar-refractivity contribution in [2.24, 2.45) is 0 Å². The first kappa shape index (κ1) is 13.2. The predicted molar refractivity (Wildman–Crippen MR) is 64.3 cm³/mol. The summed E-state index contributed by atoms with van der Waals surface area (Å²) >= 11 is 0. The molecule has 1 rings (SSSR count). The second-order valence-electron chi connectivity index (χ2n) is 3.75. The fourth-order valence-electron chi connectivity index (χ4n) is 1.24. The van der Waals surface area contributed by atoms with Crippen LogP contribution in [-0.4, -0.2) is 18.1 Å². The van der Waals surface area contributed by atoms with E-state index >= 15 is 0 Å². The maximum atomic E-state index is 13.3. The summed E-state index contributed by atoms with van der Waals surface area (Å²) in [4.78, 5) is 11.1. The van der Waals surface area contributed by atoms with Crippen LogP contribution in [0, 0.1) is 5.82 Å². The maximum Gasteiger partial charge on any atom is 0.243 e. The summed E-state index contributed by atoms with van der Waals surface area (Å²) < 4.78 is 18.7. The van der Waals surface area contributed by atoms with Crippen molar-refractivity contribution in [3.8, 4) is 5.75 Å². The normalized spacial score (nSPS) is 13.6. The van der Waals surface area contributed by atoms with Gasteiger partial charge in [-0.3, -0.25) is 4.79 Å². The zero-order chi connectivity index (χ0) is 12.8. The Morgan fingerprint density at radius 2 is 2.12 bits per heavy atom. The summed E-state index contributed by atoms with van der Waals surface area (Å²) in [5.74, 6) is -0.511. The Labute approximate surface area is 100 Å². The number of benzene rings is 1. The first-order valence-corrected chi connectivity index (χ1v) is 5.38. The Balaban J connectivity index is 2.60. The number of carbonyl (C=O) groups is 1. The van der Waals surface area contributed by atoms with Crippen LogP contribution in [0.2, 0.25) is 0 Å². The fourth-order valence-corrected chi connectivity index (χ4v) is 1.24. The Morgan fingerprint density at radius 3 is 2.71 bits per heavy atom. The van der Waals surface area contributed by atoms with Crippen molar-refractivity contribution in [1.29, 1.82) is 0 Å². The van der Waals surface area contributed by atoms with Crippen molar-refractivity contribution in [3.05, 3.63) is 42.7 Å². The average molecular weight is 237 g/mol. The molecular formula is C13H16FNO2. The van der Waals surface area contributed by atoms with Crippen LogP contribution >= 0.6 is 0 Å². The lowest BCUT2D eigenvalue weighted by Gasteiger charge is -2.22. The summed E-state index contributed by atoms with van der Waals surface area (Å²) in [7, 11) is 0. The van der Waals surface area contributed by atoms with Gasteiger partial charge in [0.1, 0.15) is 6.10 Å². The Hall–Kier alpha value is -1.84. The van der Waals surface area contributed by atoms with E-state index in [4.69, 9.17) is 4.74 Å². The SMILES string of the molecule is C=CC(=O)NC(C)C(C)Oc1ccccc1F. The third-order valence-electron chi connectivity index (χ3n) is 2.41. The smallest absolute Gasteiger partial charge is 0.243 e. The van der Waals surface area contributed by atoms with E-state index in [0.717, 1.165) is 0 Å². The first-order chi connectivity index (χ1) is 8.04.